The van der Waals surface area contributed by atoms with Crippen molar-refractivity contribution in [3.05, 3.63) is 41.1 Å². The second kappa shape index (κ2) is 6.60. The van der Waals surface area contributed by atoms with Gasteiger partial charge in [0.05, 0.1) is 25.0 Å². The van der Waals surface area contributed by atoms with Crippen LogP contribution < -0.4 is 0 Å². The van der Waals surface area contributed by atoms with Crippen molar-refractivity contribution in [2.45, 2.75) is 52.6 Å². The van der Waals surface area contributed by atoms with Crippen LogP contribution in [0.15, 0.2) is 22.8 Å². The second-order valence-electron chi connectivity index (χ2n) is 6.78. The lowest BCUT2D eigenvalue weighted by Gasteiger charge is -2.22. The third-order valence-electron chi connectivity index (χ3n) is 4.40. The number of fused-ring (bicyclic) bond motifs is 1. The Hall–Kier alpha value is -2.04. The van der Waals surface area contributed by atoms with E-state index < -0.39 is 0 Å². The van der Waals surface area contributed by atoms with Gasteiger partial charge in [-0.15, -0.1) is 0 Å². The molecule has 2 aromatic rings. The molecule has 0 atom stereocenters. The average Bonchev–Trinajstić information content (AvgIpc) is 3.19. The second-order valence-corrected chi connectivity index (χ2v) is 6.78. The Kier molecular flexibility index (Phi) is 4.55. The van der Waals surface area contributed by atoms with Crippen LogP contribution in [0.1, 0.15) is 49.4 Å². The van der Waals surface area contributed by atoms with Crippen LogP contribution in [0.3, 0.4) is 0 Å². The number of amides is 1. The maximum Gasteiger partial charge on any atom is 0.223 e. The van der Waals surface area contributed by atoms with Crippen molar-refractivity contribution in [3.8, 4) is 0 Å². The van der Waals surface area contributed by atoms with E-state index in [1.165, 1.54) is 17.7 Å². The molecule has 23 heavy (non-hydrogen) atoms. The Morgan fingerprint density at radius 2 is 2.22 bits per heavy atom. The minimum atomic E-state index is 0.161. The number of hydrogen-bond acceptors (Lipinski definition) is 3. The van der Waals surface area contributed by atoms with Crippen LogP contribution in [0.5, 0.6) is 0 Å². The average molecular weight is 315 g/mol. The predicted octanol–water partition coefficient (Wildman–Crippen LogP) is 3.08. The topological polar surface area (TPSA) is 51.3 Å². The number of rotatable bonds is 6. The standard InChI is InChI=1S/C18H25N3O2/c1-13(2)10-18(22)21(11-14-6-5-9-23-14)12-16-15-7-4-8-17(15)20(3)19-16/h5-6,9,13H,4,7-8,10-12H2,1-3H3. The Bertz CT molecular complexity index is 671. The maximum atomic E-state index is 12.6. The first-order valence-corrected chi connectivity index (χ1v) is 8.38. The van der Waals surface area contributed by atoms with Crippen LogP contribution in [0, 0.1) is 5.92 Å². The van der Waals surface area contributed by atoms with E-state index in [0.29, 0.717) is 25.4 Å². The molecule has 0 saturated heterocycles. The summed E-state index contributed by atoms with van der Waals surface area (Å²) in [5.74, 6) is 1.32. The quantitative estimate of drug-likeness (QED) is 0.823. The lowest BCUT2D eigenvalue weighted by molar-refractivity contribution is -0.133. The van der Waals surface area contributed by atoms with Crippen molar-refractivity contribution in [3.63, 3.8) is 0 Å². The number of aromatic nitrogens is 2. The molecule has 124 valence electrons. The van der Waals surface area contributed by atoms with Crippen molar-refractivity contribution < 1.29 is 9.21 Å². The van der Waals surface area contributed by atoms with Gasteiger partial charge >= 0.3 is 0 Å². The van der Waals surface area contributed by atoms with E-state index >= 15 is 0 Å². The number of nitrogens with zero attached hydrogens (tertiary/aromatic N) is 3. The summed E-state index contributed by atoms with van der Waals surface area (Å²) in [6.45, 7) is 5.21. The summed E-state index contributed by atoms with van der Waals surface area (Å²) in [6, 6.07) is 3.78. The van der Waals surface area contributed by atoms with Crippen LogP contribution in [0.25, 0.3) is 0 Å². The lowest BCUT2D eigenvalue weighted by atomic mass is 10.1. The normalized spacial score (nSPS) is 13.6. The number of aryl methyl sites for hydroxylation is 1. The molecule has 0 unspecified atom stereocenters. The first-order chi connectivity index (χ1) is 11.0. The van der Waals surface area contributed by atoms with E-state index in [9.17, 15) is 4.79 Å². The fourth-order valence-corrected chi connectivity index (χ4v) is 3.31. The minimum absolute atomic E-state index is 0.161. The summed E-state index contributed by atoms with van der Waals surface area (Å²) < 4.78 is 7.42. The molecule has 5 heteroatoms. The third-order valence-corrected chi connectivity index (χ3v) is 4.40. The van der Waals surface area contributed by atoms with Gasteiger partial charge in [-0.2, -0.15) is 5.10 Å². The van der Waals surface area contributed by atoms with Crippen molar-refractivity contribution in [2.24, 2.45) is 13.0 Å². The molecular formula is C18H25N3O2. The molecule has 1 amide bonds. The molecule has 0 bridgehead atoms. The molecule has 2 aromatic heterocycles. The van der Waals surface area contributed by atoms with Crippen molar-refractivity contribution in [2.75, 3.05) is 0 Å². The Balaban J connectivity index is 1.80. The number of carbonyl (C=O) groups is 1. The molecule has 0 fully saturated rings. The van der Waals surface area contributed by atoms with E-state index in [2.05, 4.69) is 18.9 Å². The Labute approximate surface area is 137 Å². The van der Waals surface area contributed by atoms with Crippen molar-refractivity contribution >= 4 is 5.91 Å². The van der Waals surface area contributed by atoms with Gasteiger partial charge in [-0.05, 0) is 42.9 Å². The summed E-state index contributed by atoms with van der Waals surface area (Å²) in [5.41, 5.74) is 3.72. The van der Waals surface area contributed by atoms with Crippen LogP contribution in [0.4, 0.5) is 0 Å². The van der Waals surface area contributed by atoms with Gasteiger partial charge in [0, 0.05) is 19.2 Å². The summed E-state index contributed by atoms with van der Waals surface area (Å²) in [7, 11) is 2.00. The van der Waals surface area contributed by atoms with E-state index in [1.54, 1.807) is 6.26 Å². The molecule has 1 aliphatic carbocycles. The molecule has 0 saturated carbocycles. The van der Waals surface area contributed by atoms with E-state index in [-0.39, 0.29) is 5.91 Å². The highest BCUT2D eigenvalue weighted by Gasteiger charge is 2.24. The van der Waals surface area contributed by atoms with Gasteiger partial charge in [0.1, 0.15) is 5.76 Å². The van der Waals surface area contributed by atoms with Crippen LogP contribution in [-0.4, -0.2) is 20.6 Å². The SMILES string of the molecule is CC(C)CC(=O)N(Cc1ccco1)Cc1nn(C)c2c1CCC2. The highest BCUT2D eigenvalue weighted by atomic mass is 16.3. The van der Waals surface area contributed by atoms with Crippen LogP contribution >= 0.6 is 0 Å². The summed E-state index contributed by atoms with van der Waals surface area (Å²) in [5, 5.41) is 4.66. The monoisotopic (exact) mass is 315 g/mol. The summed E-state index contributed by atoms with van der Waals surface area (Å²) >= 11 is 0. The van der Waals surface area contributed by atoms with Crippen molar-refractivity contribution in [1.82, 2.24) is 14.7 Å². The van der Waals surface area contributed by atoms with Crippen LogP contribution in [-0.2, 0) is 37.8 Å². The Morgan fingerprint density at radius 3 is 2.91 bits per heavy atom. The zero-order valence-corrected chi connectivity index (χ0v) is 14.2. The van der Waals surface area contributed by atoms with Gasteiger partial charge in [0.25, 0.3) is 0 Å². The molecule has 5 nitrogen and oxygen atoms in total. The number of carbonyl (C=O) groups excluding carboxylic acids is 1. The first-order valence-electron chi connectivity index (χ1n) is 8.38. The highest BCUT2D eigenvalue weighted by Crippen LogP contribution is 2.26. The summed E-state index contributed by atoms with van der Waals surface area (Å²) in [6.07, 6.45) is 5.56. The van der Waals surface area contributed by atoms with Gasteiger partial charge in [0.2, 0.25) is 5.91 Å². The lowest BCUT2D eigenvalue weighted by Crippen LogP contribution is -2.31. The third kappa shape index (κ3) is 3.49. The van der Waals surface area contributed by atoms with Crippen molar-refractivity contribution in [1.29, 1.82) is 0 Å². The Morgan fingerprint density at radius 1 is 1.39 bits per heavy atom. The molecule has 0 aliphatic heterocycles. The highest BCUT2D eigenvalue weighted by molar-refractivity contribution is 5.76. The van der Waals surface area contributed by atoms with Gasteiger partial charge < -0.3 is 9.32 Å². The molecule has 2 heterocycles. The van der Waals surface area contributed by atoms with Gasteiger partial charge in [0.15, 0.2) is 0 Å². The van der Waals surface area contributed by atoms with E-state index in [4.69, 9.17) is 4.42 Å². The minimum Gasteiger partial charge on any atom is -0.467 e. The predicted molar refractivity (Wildman–Crippen MR) is 87.7 cm³/mol. The zero-order chi connectivity index (χ0) is 16.4. The zero-order valence-electron chi connectivity index (χ0n) is 14.2. The smallest absolute Gasteiger partial charge is 0.223 e. The van der Waals surface area contributed by atoms with Gasteiger partial charge in [-0.1, -0.05) is 13.8 Å². The molecule has 0 spiro atoms. The molecule has 0 N–H and O–H groups in total. The molecule has 3 rings (SSSR count). The number of furan rings is 1. The molecular weight excluding hydrogens is 290 g/mol. The maximum absolute atomic E-state index is 12.6. The van der Waals surface area contributed by atoms with E-state index in [1.807, 2.05) is 28.8 Å². The van der Waals surface area contributed by atoms with Gasteiger partial charge in [-0.3, -0.25) is 9.48 Å². The number of hydrogen-bond donors (Lipinski definition) is 0. The summed E-state index contributed by atoms with van der Waals surface area (Å²) in [4.78, 5) is 14.5. The molecule has 0 aromatic carbocycles. The largest absolute Gasteiger partial charge is 0.467 e. The van der Waals surface area contributed by atoms with Crippen LogP contribution in [0.2, 0.25) is 0 Å². The first kappa shape index (κ1) is 15.8. The van der Waals surface area contributed by atoms with E-state index in [0.717, 1.165) is 24.3 Å². The van der Waals surface area contributed by atoms with Gasteiger partial charge in [-0.25, -0.2) is 0 Å². The molecule has 1 aliphatic rings. The fraction of sp³-hybridized carbons (Fsp3) is 0.556. The molecule has 0 radical (unpaired) electrons. The fourth-order valence-electron chi connectivity index (χ4n) is 3.31.